The van der Waals surface area contributed by atoms with Crippen LogP contribution in [0.2, 0.25) is 0 Å². The van der Waals surface area contributed by atoms with Crippen LogP contribution in [0.4, 0.5) is 5.82 Å². The smallest absolute Gasteiger partial charge is 0.354 e. The van der Waals surface area contributed by atoms with Crippen LogP contribution < -0.4 is 10.4 Å². The number of hydrogen-bond acceptors (Lipinski definition) is 8. The molecule has 0 radical (unpaired) electrons. The Morgan fingerprint density at radius 1 is 1.15 bits per heavy atom. The number of carbonyl (C=O) groups excluding carboxylic acids is 1. The van der Waals surface area contributed by atoms with E-state index in [1.54, 1.807) is 30.8 Å². The number of imidazole rings is 1. The van der Waals surface area contributed by atoms with Gasteiger partial charge in [-0.15, -0.1) is 23.1 Å². The van der Waals surface area contributed by atoms with Crippen molar-refractivity contribution in [2.24, 2.45) is 0 Å². The quantitative estimate of drug-likeness (QED) is 0.221. The van der Waals surface area contributed by atoms with Crippen LogP contribution in [0.15, 0.2) is 38.2 Å². The lowest BCUT2D eigenvalue weighted by molar-refractivity contribution is -0.143. The SMILES string of the molecule is CCOC(=O)CCCCCSc1sc(C)c(C)n2c(=O)nc(NS(=O)(=O)c3ccc(C)cc3)c1-2. The maximum absolute atomic E-state index is 13.0. The number of nitrogens with one attached hydrogen (secondary N) is 1. The highest BCUT2D eigenvalue weighted by Gasteiger charge is 2.26. The van der Waals surface area contributed by atoms with Gasteiger partial charge in [-0.25, -0.2) is 13.2 Å². The lowest BCUT2D eigenvalue weighted by Gasteiger charge is -2.16. The molecule has 0 atom stereocenters. The van der Waals surface area contributed by atoms with Gasteiger partial charge in [-0.05, 0) is 58.4 Å². The number of sulfonamides is 1. The van der Waals surface area contributed by atoms with Crippen molar-refractivity contribution in [3.8, 4) is 5.69 Å². The number of hydrogen-bond donors (Lipinski definition) is 1. The average molecular weight is 524 g/mol. The van der Waals surface area contributed by atoms with Gasteiger partial charge in [-0.2, -0.15) is 4.98 Å². The normalized spacial score (nSPS) is 11.6. The second-order valence-corrected chi connectivity index (χ2v) is 12.1. The van der Waals surface area contributed by atoms with Crippen LogP contribution in [0.3, 0.4) is 0 Å². The van der Waals surface area contributed by atoms with Crippen LogP contribution in [0, 0.1) is 20.8 Å². The van der Waals surface area contributed by atoms with Crippen molar-refractivity contribution in [3.63, 3.8) is 0 Å². The first-order chi connectivity index (χ1) is 16.1. The highest BCUT2D eigenvalue weighted by Crippen LogP contribution is 2.38. The summed E-state index contributed by atoms with van der Waals surface area (Å²) in [6.45, 7) is 7.81. The maximum atomic E-state index is 13.0. The number of fused-ring (bicyclic) bond motifs is 1. The van der Waals surface area contributed by atoms with Crippen molar-refractivity contribution in [1.29, 1.82) is 0 Å². The molecule has 3 rings (SSSR count). The molecule has 184 valence electrons. The van der Waals surface area contributed by atoms with Gasteiger partial charge >= 0.3 is 11.7 Å². The van der Waals surface area contributed by atoms with Crippen molar-refractivity contribution in [1.82, 2.24) is 9.55 Å². The molecule has 0 aromatic heterocycles. The highest BCUT2D eigenvalue weighted by molar-refractivity contribution is 8.01. The molecular formula is C23H29N3O5S3. The molecular weight excluding hydrogens is 494 g/mol. The molecule has 1 aromatic rings. The van der Waals surface area contributed by atoms with E-state index in [9.17, 15) is 18.0 Å². The molecule has 0 saturated carbocycles. The number of unbranched alkanes of at least 4 members (excludes halogenated alkanes) is 2. The standard InChI is InChI=1S/C23H29N3O5S3/c1-5-31-19(27)9-7-6-8-14-32-22-20-21(24-23(28)26(20)16(3)17(4)33-22)25-34(29,30)18-12-10-15(2)11-13-18/h10-13H,5-9,14H2,1-4H3,(H,24,25,28). The number of thioether (sulfide) groups is 1. The average Bonchev–Trinajstić information content (AvgIpc) is 3.09. The van der Waals surface area contributed by atoms with E-state index in [1.807, 2.05) is 20.8 Å². The fourth-order valence-corrected chi connectivity index (χ4v) is 6.87. The third-order valence-electron chi connectivity index (χ3n) is 5.26. The van der Waals surface area contributed by atoms with Crippen molar-refractivity contribution < 1.29 is 17.9 Å². The van der Waals surface area contributed by atoms with Crippen molar-refractivity contribution in [3.05, 3.63) is 50.9 Å². The second-order valence-electron chi connectivity index (χ2n) is 7.84. The number of aromatic nitrogens is 2. The van der Waals surface area contributed by atoms with Crippen molar-refractivity contribution in [2.45, 2.75) is 62.5 Å². The lowest BCUT2D eigenvalue weighted by Crippen LogP contribution is -2.17. The van der Waals surface area contributed by atoms with Gasteiger partial charge in [0.25, 0.3) is 10.0 Å². The van der Waals surface area contributed by atoms with Crippen LogP contribution in [-0.4, -0.2) is 36.3 Å². The number of carbonyl (C=O) groups is 1. The van der Waals surface area contributed by atoms with Crippen LogP contribution >= 0.6 is 23.1 Å². The van der Waals surface area contributed by atoms with Gasteiger partial charge in [0.05, 0.1) is 15.7 Å². The molecule has 0 bridgehead atoms. The summed E-state index contributed by atoms with van der Waals surface area (Å²) in [6, 6.07) is 6.49. The van der Waals surface area contributed by atoms with E-state index < -0.39 is 15.7 Å². The molecule has 2 aliphatic rings. The number of aryl methyl sites for hydroxylation is 2. The minimum absolute atomic E-state index is 0.0368. The van der Waals surface area contributed by atoms with Gasteiger partial charge in [0.1, 0.15) is 5.69 Å². The van der Waals surface area contributed by atoms with E-state index in [0.29, 0.717) is 18.7 Å². The minimum atomic E-state index is -3.91. The number of nitrogens with zero attached hydrogens (tertiary/aromatic N) is 2. The van der Waals surface area contributed by atoms with E-state index in [2.05, 4.69) is 9.71 Å². The molecule has 1 N–H and O–H groups in total. The molecule has 34 heavy (non-hydrogen) atoms. The molecule has 0 saturated heterocycles. The van der Waals surface area contributed by atoms with Crippen LogP contribution in [-0.2, 0) is 19.6 Å². The fraction of sp³-hybridized carbons (Fsp3) is 0.435. The highest BCUT2D eigenvalue weighted by atomic mass is 32.2. The third-order valence-corrected chi connectivity index (χ3v) is 9.14. The van der Waals surface area contributed by atoms with E-state index in [1.165, 1.54) is 28.0 Å². The molecule has 2 heterocycles. The fourth-order valence-electron chi connectivity index (χ4n) is 3.34. The molecule has 0 aliphatic carbocycles. The zero-order valence-electron chi connectivity index (χ0n) is 19.7. The Labute approximate surface area is 208 Å². The van der Waals surface area contributed by atoms with Gasteiger partial charge in [0.15, 0.2) is 5.82 Å². The molecule has 0 amide bonds. The van der Waals surface area contributed by atoms with Gasteiger partial charge in [0, 0.05) is 17.0 Å². The Kier molecular flexibility index (Phi) is 8.78. The van der Waals surface area contributed by atoms with E-state index in [4.69, 9.17) is 4.74 Å². The summed E-state index contributed by atoms with van der Waals surface area (Å²) in [6.07, 6.45) is 2.90. The molecule has 0 fully saturated rings. The van der Waals surface area contributed by atoms with Crippen molar-refractivity contribution in [2.75, 3.05) is 17.1 Å². The zero-order chi connectivity index (χ0) is 24.9. The van der Waals surface area contributed by atoms with Gasteiger partial charge in [-0.1, -0.05) is 24.1 Å². The topological polar surface area (TPSA) is 107 Å². The lowest BCUT2D eigenvalue weighted by atomic mass is 10.2. The summed E-state index contributed by atoms with van der Waals surface area (Å²) in [5.74, 6) is 0.622. The first kappa shape index (κ1) is 26.2. The predicted octanol–water partition coefficient (Wildman–Crippen LogP) is 4.67. The molecule has 0 unspecified atom stereocenters. The Morgan fingerprint density at radius 3 is 2.53 bits per heavy atom. The summed E-state index contributed by atoms with van der Waals surface area (Å²) in [4.78, 5) is 29.3. The van der Waals surface area contributed by atoms with Gasteiger partial charge < -0.3 is 4.74 Å². The number of anilines is 1. The number of rotatable bonds is 11. The molecule has 0 spiro atoms. The molecule has 8 nitrogen and oxygen atoms in total. The number of esters is 1. The molecule has 2 aliphatic heterocycles. The third kappa shape index (κ3) is 6.19. The van der Waals surface area contributed by atoms with E-state index >= 15 is 0 Å². The first-order valence-electron chi connectivity index (χ1n) is 11.0. The maximum Gasteiger partial charge on any atom is 0.354 e. The molecule has 1 aromatic carbocycles. The summed E-state index contributed by atoms with van der Waals surface area (Å²) >= 11 is 3.08. The van der Waals surface area contributed by atoms with Crippen molar-refractivity contribution >= 4 is 44.9 Å². The molecule has 11 heteroatoms. The Morgan fingerprint density at radius 2 is 1.85 bits per heavy atom. The monoisotopic (exact) mass is 523 g/mol. The van der Waals surface area contributed by atoms with Gasteiger partial charge in [0.2, 0.25) is 0 Å². The summed E-state index contributed by atoms with van der Waals surface area (Å²) in [7, 11) is -3.91. The first-order valence-corrected chi connectivity index (χ1v) is 14.3. The summed E-state index contributed by atoms with van der Waals surface area (Å²) < 4.78 is 35.7. The Hall–Kier alpha value is -2.37. The van der Waals surface area contributed by atoms with E-state index in [0.717, 1.165) is 45.4 Å². The van der Waals surface area contributed by atoms with Crippen LogP contribution in [0.1, 0.15) is 48.7 Å². The zero-order valence-corrected chi connectivity index (χ0v) is 22.2. The predicted molar refractivity (Wildman–Crippen MR) is 136 cm³/mol. The van der Waals surface area contributed by atoms with E-state index in [-0.39, 0.29) is 16.7 Å². The number of benzene rings is 1. The van der Waals surface area contributed by atoms with Crippen LogP contribution in [0.5, 0.6) is 0 Å². The summed E-state index contributed by atoms with van der Waals surface area (Å²) in [5.41, 5.74) is 1.64. The summed E-state index contributed by atoms with van der Waals surface area (Å²) in [5, 5.41) is 0. The van der Waals surface area contributed by atoms with Gasteiger partial charge in [-0.3, -0.25) is 14.1 Å². The Balaban J connectivity index is 1.80. The Bertz CT molecular complexity index is 1280. The number of ether oxygens (including phenoxy) is 1. The second kappa shape index (κ2) is 11.4. The minimum Gasteiger partial charge on any atom is -0.466 e. The van der Waals surface area contributed by atoms with Crippen LogP contribution in [0.25, 0.3) is 5.69 Å². The largest absolute Gasteiger partial charge is 0.466 e.